The zero-order valence-electron chi connectivity index (χ0n) is 12.7. The first-order chi connectivity index (χ1) is 8.37. The van der Waals surface area contributed by atoms with Crippen molar-refractivity contribution in [2.45, 2.75) is 52.1 Å². The third-order valence-corrected chi connectivity index (χ3v) is 4.14. The Kier molecular flexibility index (Phi) is 4.93. The van der Waals surface area contributed by atoms with Crippen LogP contribution in [0.3, 0.4) is 0 Å². The fourth-order valence-corrected chi connectivity index (χ4v) is 2.27. The van der Waals surface area contributed by atoms with E-state index in [1.165, 1.54) is 5.56 Å². The van der Waals surface area contributed by atoms with E-state index in [1.807, 2.05) is 11.7 Å². The highest BCUT2D eigenvalue weighted by Gasteiger charge is 2.30. The van der Waals surface area contributed by atoms with Crippen molar-refractivity contribution in [2.75, 3.05) is 13.6 Å². The van der Waals surface area contributed by atoms with E-state index in [9.17, 15) is 0 Å². The van der Waals surface area contributed by atoms with Crippen LogP contribution in [0.4, 0.5) is 0 Å². The van der Waals surface area contributed by atoms with E-state index in [4.69, 9.17) is 5.73 Å². The van der Waals surface area contributed by atoms with Gasteiger partial charge in [-0.05, 0) is 33.7 Å². The standard InChI is InChI=1S/C14H28N4/c1-7-12-11(10-17(5)16-12)13(9-15)18(6)14(3,4)8-2/h10,13H,7-9,15H2,1-6H3. The average molecular weight is 252 g/mol. The molecule has 1 rings (SSSR count). The summed E-state index contributed by atoms with van der Waals surface area (Å²) in [6, 6.07) is 0.239. The highest BCUT2D eigenvalue weighted by molar-refractivity contribution is 5.22. The molecule has 0 aliphatic rings. The quantitative estimate of drug-likeness (QED) is 0.843. The lowest BCUT2D eigenvalue weighted by Gasteiger charge is -2.40. The lowest BCUT2D eigenvalue weighted by Crippen LogP contribution is -2.45. The number of likely N-dealkylation sites (N-methyl/N-ethyl adjacent to an activating group) is 1. The van der Waals surface area contributed by atoms with Gasteiger partial charge in [-0.3, -0.25) is 9.58 Å². The van der Waals surface area contributed by atoms with Crippen molar-refractivity contribution in [3.8, 4) is 0 Å². The fourth-order valence-electron chi connectivity index (χ4n) is 2.27. The van der Waals surface area contributed by atoms with Gasteiger partial charge >= 0.3 is 0 Å². The summed E-state index contributed by atoms with van der Waals surface area (Å²) in [6.45, 7) is 9.51. The average Bonchev–Trinajstić information content (AvgIpc) is 2.71. The summed E-state index contributed by atoms with van der Waals surface area (Å²) in [4.78, 5) is 2.38. The Morgan fingerprint density at radius 1 is 1.44 bits per heavy atom. The van der Waals surface area contributed by atoms with Crippen molar-refractivity contribution in [2.24, 2.45) is 12.8 Å². The van der Waals surface area contributed by atoms with E-state index in [0.29, 0.717) is 6.54 Å². The minimum Gasteiger partial charge on any atom is -0.329 e. The lowest BCUT2D eigenvalue weighted by atomic mass is 9.94. The van der Waals surface area contributed by atoms with E-state index in [-0.39, 0.29) is 11.6 Å². The normalized spacial score (nSPS) is 14.2. The van der Waals surface area contributed by atoms with Crippen LogP contribution < -0.4 is 5.73 Å². The SMILES string of the molecule is CCc1nn(C)cc1C(CN)N(C)C(C)(C)CC. The number of hydrogen-bond acceptors (Lipinski definition) is 3. The van der Waals surface area contributed by atoms with Crippen molar-refractivity contribution in [1.82, 2.24) is 14.7 Å². The molecule has 1 atom stereocenters. The third-order valence-electron chi connectivity index (χ3n) is 4.14. The molecule has 0 radical (unpaired) electrons. The van der Waals surface area contributed by atoms with E-state index in [2.05, 4.69) is 50.9 Å². The molecule has 0 saturated carbocycles. The maximum Gasteiger partial charge on any atom is 0.0670 e. The van der Waals surface area contributed by atoms with E-state index < -0.39 is 0 Å². The smallest absolute Gasteiger partial charge is 0.0670 e. The number of aromatic nitrogens is 2. The van der Waals surface area contributed by atoms with Gasteiger partial charge in [0.1, 0.15) is 0 Å². The van der Waals surface area contributed by atoms with E-state index >= 15 is 0 Å². The summed E-state index contributed by atoms with van der Waals surface area (Å²) >= 11 is 0. The summed E-state index contributed by atoms with van der Waals surface area (Å²) < 4.78 is 1.89. The van der Waals surface area contributed by atoms with Gasteiger partial charge in [-0.2, -0.15) is 5.10 Å². The molecule has 1 unspecified atom stereocenters. The molecule has 0 aromatic carbocycles. The van der Waals surface area contributed by atoms with Crippen molar-refractivity contribution >= 4 is 0 Å². The van der Waals surface area contributed by atoms with Crippen LogP contribution in [0, 0.1) is 0 Å². The molecule has 4 heteroatoms. The van der Waals surface area contributed by atoms with Crippen LogP contribution in [0.25, 0.3) is 0 Å². The number of aryl methyl sites for hydroxylation is 2. The molecule has 0 amide bonds. The summed E-state index contributed by atoms with van der Waals surface area (Å²) in [5.41, 5.74) is 8.58. The van der Waals surface area contributed by atoms with Crippen molar-refractivity contribution in [3.05, 3.63) is 17.5 Å². The Morgan fingerprint density at radius 2 is 2.06 bits per heavy atom. The molecule has 104 valence electrons. The van der Waals surface area contributed by atoms with Crippen LogP contribution in [0.15, 0.2) is 6.20 Å². The van der Waals surface area contributed by atoms with Crippen molar-refractivity contribution < 1.29 is 0 Å². The Hall–Kier alpha value is -0.870. The molecule has 0 saturated heterocycles. The molecule has 0 aliphatic heterocycles. The first-order valence-electron chi connectivity index (χ1n) is 6.82. The lowest BCUT2D eigenvalue weighted by molar-refractivity contribution is 0.100. The third kappa shape index (κ3) is 2.93. The van der Waals surface area contributed by atoms with Gasteiger partial charge in [0.2, 0.25) is 0 Å². The Bertz CT molecular complexity index is 381. The predicted molar refractivity (Wildman–Crippen MR) is 76.5 cm³/mol. The summed E-state index contributed by atoms with van der Waals surface area (Å²) in [5.74, 6) is 0. The van der Waals surface area contributed by atoms with Gasteiger partial charge in [-0.15, -0.1) is 0 Å². The first-order valence-corrected chi connectivity index (χ1v) is 6.82. The van der Waals surface area contributed by atoms with Gasteiger partial charge in [-0.25, -0.2) is 0 Å². The Balaban J connectivity index is 3.09. The Labute approximate surface area is 111 Å². The molecule has 1 aromatic heterocycles. The van der Waals surface area contributed by atoms with Gasteiger partial charge in [0.05, 0.1) is 11.7 Å². The van der Waals surface area contributed by atoms with Gasteiger partial charge in [0, 0.05) is 30.9 Å². The number of hydrogen-bond donors (Lipinski definition) is 1. The van der Waals surface area contributed by atoms with Gasteiger partial charge in [0.15, 0.2) is 0 Å². The minimum atomic E-state index is 0.144. The highest BCUT2D eigenvalue weighted by Crippen LogP contribution is 2.29. The van der Waals surface area contributed by atoms with Crippen LogP contribution in [0.5, 0.6) is 0 Å². The minimum absolute atomic E-state index is 0.144. The largest absolute Gasteiger partial charge is 0.329 e. The van der Waals surface area contributed by atoms with Gasteiger partial charge in [-0.1, -0.05) is 13.8 Å². The monoisotopic (exact) mass is 252 g/mol. The first kappa shape index (κ1) is 15.2. The highest BCUT2D eigenvalue weighted by atomic mass is 15.3. The second kappa shape index (κ2) is 5.85. The predicted octanol–water partition coefficient (Wildman–Crippen LogP) is 2.10. The molecule has 18 heavy (non-hydrogen) atoms. The second-order valence-electron chi connectivity index (χ2n) is 5.59. The van der Waals surface area contributed by atoms with E-state index in [1.54, 1.807) is 0 Å². The van der Waals surface area contributed by atoms with E-state index in [0.717, 1.165) is 18.5 Å². The molecule has 0 bridgehead atoms. The summed E-state index contributed by atoms with van der Waals surface area (Å²) in [7, 11) is 4.13. The maximum absolute atomic E-state index is 6.01. The maximum atomic E-state index is 6.01. The summed E-state index contributed by atoms with van der Waals surface area (Å²) in [6.07, 6.45) is 4.16. The van der Waals surface area contributed by atoms with Crippen LogP contribution in [0.2, 0.25) is 0 Å². The zero-order valence-corrected chi connectivity index (χ0v) is 12.7. The molecule has 0 spiro atoms. The zero-order chi connectivity index (χ0) is 13.9. The summed E-state index contributed by atoms with van der Waals surface area (Å²) in [5, 5.41) is 4.52. The fraction of sp³-hybridized carbons (Fsp3) is 0.786. The van der Waals surface area contributed by atoms with Crippen molar-refractivity contribution in [1.29, 1.82) is 0 Å². The topological polar surface area (TPSA) is 47.1 Å². The van der Waals surface area contributed by atoms with Crippen LogP contribution in [0.1, 0.15) is 51.4 Å². The van der Waals surface area contributed by atoms with Crippen molar-refractivity contribution in [3.63, 3.8) is 0 Å². The number of nitrogens with two attached hydrogens (primary N) is 1. The second-order valence-corrected chi connectivity index (χ2v) is 5.59. The van der Waals surface area contributed by atoms with Gasteiger partial charge < -0.3 is 5.73 Å². The molecular weight excluding hydrogens is 224 g/mol. The van der Waals surface area contributed by atoms with Crippen LogP contribution in [-0.4, -0.2) is 33.8 Å². The number of rotatable bonds is 6. The molecule has 0 aliphatic carbocycles. The molecule has 2 N–H and O–H groups in total. The van der Waals surface area contributed by atoms with Crippen LogP contribution in [-0.2, 0) is 13.5 Å². The Morgan fingerprint density at radius 3 is 2.50 bits per heavy atom. The molecule has 1 heterocycles. The molecule has 1 aromatic rings. The molecule has 0 fully saturated rings. The van der Waals surface area contributed by atoms with Gasteiger partial charge in [0.25, 0.3) is 0 Å². The van der Waals surface area contributed by atoms with Crippen LogP contribution >= 0.6 is 0 Å². The number of nitrogens with zero attached hydrogens (tertiary/aromatic N) is 3. The molecule has 4 nitrogen and oxygen atoms in total. The molecular formula is C14H28N4.